The smallest absolute Gasteiger partial charge is 0.257 e. The minimum Gasteiger partial charge on any atom is -0.372 e. The molecule has 1 aromatic carbocycles. The highest BCUT2D eigenvalue weighted by Gasteiger charge is 2.24. The summed E-state index contributed by atoms with van der Waals surface area (Å²) < 4.78 is 25.4. The number of nitrogens with zero attached hydrogens (tertiary/aromatic N) is 2. The van der Waals surface area contributed by atoms with Gasteiger partial charge in [0.1, 0.15) is 17.1 Å². The van der Waals surface area contributed by atoms with Crippen LogP contribution in [0.25, 0.3) is 0 Å². The molecule has 7 heteroatoms. The summed E-state index contributed by atoms with van der Waals surface area (Å²) in [6.45, 7) is 9.15. The number of hydrogen-bond acceptors (Lipinski definition) is 5. The van der Waals surface area contributed by atoms with Gasteiger partial charge in [0.15, 0.2) is 0 Å². The Kier molecular flexibility index (Phi) is 5.79. The molecule has 2 heterocycles. The molecule has 1 aliphatic rings. The molecule has 6 nitrogen and oxygen atoms in total. The first-order chi connectivity index (χ1) is 12.9. The van der Waals surface area contributed by atoms with E-state index in [0.717, 1.165) is 0 Å². The van der Waals surface area contributed by atoms with Crippen LogP contribution in [0.2, 0.25) is 0 Å². The normalized spacial score (nSPS) is 20.0. The van der Waals surface area contributed by atoms with Crippen molar-refractivity contribution in [3.05, 3.63) is 46.6 Å². The summed E-state index contributed by atoms with van der Waals surface area (Å²) in [7, 11) is 0. The molecule has 0 bridgehead atoms. The highest BCUT2D eigenvalue weighted by molar-refractivity contribution is 5.96. The fourth-order valence-electron chi connectivity index (χ4n) is 3.51. The van der Waals surface area contributed by atoms with Gasteiger partial charge in [0, 0.05) is 19.6 Å². The van der Waals surface area contributed by atoms with Crippen LogP contribution >= 0.6 is 0 Å². The molecule has 1 saturated heterocycles. The lowest BCUT2D eigenvalue weighted by Crippen LogP contribution is -2.45. The summed E-state index contributed by atoms with van der Waals surface area (Å²) >= 11 is 0. The second kappa shape index (κ2) is 8.08. The van der Waals surface area contributed by atoms with E-state index in [1.165, 1.54) is 6.07 Å². The first-order valence-electron chi connectivity index (χ1n) is 9.31. The van der Waals surface area contributed by atoms with Crippen LogP contribution in [0.5, 0.6) is 0 Å². The Balaban J connectivity index is 1.67. The quantitative estimate of drug-likeness (QED) is 0.869. The summed E-state index contributed by atoms with van der Waals surface area (Å²) in [5, 5.41) is 6.71. The third-order valence-electron chi connectivity index (χ3n) is 4.72. The van der Waals surface area contributed by atoms with E-state index in [0.29, 0.717) is 47.8 Å². The van der Waals surface area contributed by atoms with Crippen molar-refractivity contribution in [2.45, 2.75) is 52.9 Å². The van der Waals surface area contributed by atoms with Gasteiger partial charge in [0.05, 0.1) is 23.6 Å². The SMILES string of the molecule is CCc1noc(C)c1C(=O)NCc1ccc(N2C[C@@H](C)O[C@H](C)C2)c(F)c1. The van der Waals surface area contributed by atoms with Gasteiger partial charge >= 0.3 is 0 Å². The molecule has 0 spiro atoms. The van der Waals surface area contributed by atoms with E-state index in [4.69, 9.17) is 9.26 Å². The second-order valence-corrected chi connectivity index (χ2v) is 7.04. The van der Waals surface area contributed by atoms with Gasteiger partial charge in [-0.2, -0.15) is 0 Å². The molecule has 2 aromatic rings. The number of hydrogen-bond donors (Lipinski definition) is 1. The summed E-state index contributed by atoms with van der Waals surface area (Å²) in [4.78, 5) is 14.4. The van der Waals surface area contributed by atoms with E-state index < -0.39 is 0 Å². The van der Waals surface area contributed by atoms with Gasteiger partial charge in [0.2, 0.25) is 0 Å². The van der Waals surface area contributed by atoms with E-state index in [9.17, 15) is 9.18 Å². The van der Waals surface area contributed by atoms with Gasteiger partial charge in [-0.3, -0.25) is 4.79 Å². The fraction of sp³-hybridized carbons (Fsp3) is 0.500. The number of aryl methyl sites for hydroxylation is 2. The minimum atomic E-state index is -0.293. The molecule has 0 radical (unpaired) electrons. The molecule has 27 heavy (non-hydrogen) atoms. The number of carbonyl (C=O) groups is 1. The number of anilines is 1. The number of rotatable bonds is 5. The highest BCUT2D eigenvalue weighted by Crippen LogP contribution is 2.24. The molecular weight excluding hydrogens is 349 g/mol. The van der Waals surface area contributed by atoms with Crippen LogP contribution in [0, 0.1) is 12.7 Å². The van der Waals surface area contributed by atoms with Crippen molar-refractivity contribution in [2.75, 3.05) is 18.0 Å². The zero-order chi connectivity index (χ0) is 19.6. The number of amides is 1. The van der Waals surface area contributed by atoms with Crippen LogP contribution in [0.3, 0.4) is 0 Å². The molecule has 2 atom stereocenters. The number of carbonyl (C=O) groups excluding carboxylic acids is 1. The van der Waals surface area contributed by atoms with Gasteiger partial charge < -0.3 is 19.5 Å². The van der Waals surface area contributed by atoms with E-state index in [2.05, 4.69) is 10.5 Å². The molecule has 1 fully saturated rings. The summed E-state index contributed by atoms with van der Waals surface area (Å²) in [5.41, 5.74) is 2.36. The molecule has 1 aliphatic heterocycles. The van der Waals surface area contributed by atoms with Crippen molar-refractivity contribution in [1.82, 2.24) is 10.5 Å². The van der Waals surface area contributed by atoms with Crippen LogP contribution in [-0.2, 0) is 17.7 Å². The van der Waals surface area contributed by atoms with Crippen LogP contribution in [-0.4, -0.2) is 36.4 Å². The minimum absolute atomic E-state index is 0.0617. The maximum Gasteiger partial charge on any atom is 0.257 e. The standard InChI is InChI=1S/C20H26FN3O3/c1-5-17-19(14(4)27-23-17)20(25)22-9-15-6-7-18(16(21)8-15)24-10-12(2)26-13(3)11-24/h6-8,12-13H,5,9-11H2,1-4H3,(H,22,25)/t12-,13-/m1/s1. The van der Waals surface area contributed by atoms with E-state index in [-0.39, 0.29) is 30.5 Å². The van der Waals surface area contributed by atoms with Crippen molar-refractivity contribution in [1.29, 1.82) is 0 Å². The maximum atomic E-state index is 14.6. The van der Waals surface area contributed by atoms with Crippen molar-refractivity contribution in [3.8, 4) is 0 Å². The van der Waals surface area contributed by atoms with Crippen LogP contribution in [0.4, 0.5) is 10.1 Å². The molecule has 1 aromatic heterocycles. The molecule has 0 aliphatic carbocycles. The number of morpholine rings is 1. The Morgan fingerprint density at radius 2 is 2.04 bits per heavy atom. The second-order valence-electron chi connectivity index (χ2n) is 7.04. The lowest BCUT2D eigenvalue weighted by atomic mass is 10.1. The number of ether oxygens (including phenoxy) is 1. The Morgan fingerprint density at radius 3 is 2.67 bits per heavy atom. The van der Waals surface area contributed by atoms with Gasteiger partial charge in [-0.05, 0) is 44.9 Å². The van der Waals surface area contributed by atoms with Gasteiger partial charge in [0.25, 0.3) is 5.91 Å². The Labute approximate surface area is 158 Å². The van der Waals surface area contributed by atoms with Crippen LogP contribution < -0.4 is 10.2 Å². The number of nitrogens with one attached hydrogen (secondary N) is 1. The van der Waals surface area contributed by atoms with Crippen LogP contribution in [0.1, 0.15) is 48.1 Å². The Bertz CT molecular complexity index is 811. The predicted octanol–water partition coefficient (Wildman–Crippen LogP) is 3.23. The lowest BCUT2D eigenvalue weighted by molar-refractivity contribution is -0.00539. The van der Waals surface area contributed by atoms with Crippen molar-refractivity contribution in [3.63, 3.8) is 0 Å². The zero-order valence-electron chi connectivity index (χ0n) is 16.2. The predicted molar refractivity (Wildman–Crippen MR) is 100 cm³/mol. The number of halogens is 1. The third kappa shape index (κ3) is 4.30. The molecular formula is C20H26FN3O3. The lowest BCUT2D eigenvalue weighted by Gasteiger charge is -2.37. The summed E-state index contributed by atoms with van der Waals surface area (Å²) in [5.74, 6) is -0.0641. The largest absolute Gasteiger partial charge is 0.372 e. The number of benzene rings is 1. The maximum absolute atomic E-state index is 14.6. The van der Waals surface area contributed by atoms with Crippen molar-refractivity contribution >= 4 is 11.6 Å². The summed E-state index contributed by atoms with van der Waals surface area (Å²) in [6, 6.07) is 5.08. The van der Waals surface area contributed by atoms with E-state index in [1.807, 2.05) is 31.7 Å². The van der Waals surface area contributed by atoms with E-state index >= 15 is 0 Å². The van der Waals surface area contributed by atoms with Crippen molar-refractivity contribution < 1.29 is 18.4 Å². The molecule has 146 valence electrons. The molecule has 1 N–H and O–H groups in total. The molecule has 1 amide bonds. The van der Waals surface area contributed by atoms with Crippen LogP contribution in [0.15, 0.2) is 22.7 Å². The first kappa shape index (κ1) is 19.4. The molecule has 0 unspecified atom stereocenters. The Hall–Kier alpha value is -2.41. The highest BCUT2D eigenvalue weighted by atomic mass is 19.1. The average Bonchev–Trinajstić information content (AvgIpc) is 2.99. The van der Waals surface area contributed by atoms with Gasteiger partial charge in [-0.15, -0.1) is 0 Å². The van der Waals surface area contributed by atoms with Crippen molar-refractivity contribution in [2.24, 2.45) is 0 Å². The van der Waals surface area contributed by atoms with Gasteiger partial charge in [-0.1, -0.05) is 18.1 Å². The first-order valence-corrected chi connectivity index (χ1v) is 9.31. The summed E-state index contributed by atoms with van der Waals surface area (Å²) in [6.07, 6.45) is 0.734. The zero-order valence-corrected chi connectivity index (χ0v) is 16.2. The molecule has 3 rings (SSSR count). The fourth-order valence-corrected chi connectivity index (χ4v) is 3.51. The Morgan fingerprint density at radius 1 is 1.33 bits per heavy atom. The third-order valence-corrected chi connectivity index (χ3v) is 4.72. The topological polar surface area (TPSA) is 67.6 Å². The average molecular weight is 375 g/mol. The number of aromatic nitrogens is 1. The molecule has 0 saturated carbocycles. The monoisotopic (exact) mass is 375 g/mol. The van der Waals surface area contributed by atoms with Gasteiger partial charge in [-0.25, -0.2) is 4.39 Å². The van der Waals surface area contributed by atoms with E-state index in [1.54, 1.807) is 13.0 Å².